The lowest BCUT2D eigenvalue weighted by Gasteiger charge is -2.06. The number of carbonyl (C=O) groups is 1. The molecule has 0 saturated carbocycles. The fourth-order valence-electron chi connectivity index (χ4n) is 1.47. The quantitative estimate of drug-likeness (QED) is 0.776. The van der Waals surface area contributed by atoms with Crippen molar-refractivity contribution >= 4 is 6.09 Å². The standard InChI is InChI=1S/C10H10FNO2/c11-8-3-1-2-7(4-8)5-9-6-12-10(13)14-9/h1-4,9H,5-6H2,(H,12,13)/t9-/m1/s1. The Bertz CT molecular complexity index is 354. The summed E-state index contributed by atoms with van der Waals surface area (Å²) < 4.78 is 17.7. The van der Waals surface area contributed by atoms with E-state index in [2.05, 4.69) is 5.32 Å². The molecule has 0 radical (unpaired) electrons. The van der Waals surface area contributed by atoms with Gasteiger partial charge in [-0.25, -0.2) is 9.18 Å². The molecule has 1 aromatic rings. The topological polar surface area (TPSA) is 38.3 Å². The predicted molar refractivity (Wildman–Crippen MR) is 48.4 cm³/mol. The molecule has 1 saturated heterocycles. The maximum atomic E-state index is 12.8. The second-order valence-corrected chi connectivity index (χ2v) is 3.24. The molecular formula is C10H10FNO2. The second kappa shape index (κ2) is 3.65. The highest BCUT2D eigenvalue weighted by atomic mass is 19.1. The lowest BCUT2D eigenvalue weighted by atomic mass is 10.1. The van der Waals surface area contributed by atoms with E-state index < -0.39 is 6.09 Å². The number of amides is 1. The third-order valence-electron chi connectivity index (χ3n) is 2.10. The number of halogens is 1. The van der Waals surface area contributed by atoms with Gasteiger partial charge in [-0.15, -0.1) is 0 Å². The maximum Gasteiger partial charge on any atom is 0.407 e. The summed E-state index contributed by atoms with van der Waals surface area (Å²) in [7, 11) is 0. The highest BCUT2D eigenvalue weighted by Gasteiger charge is 2.22. The molecule has 3 nitrogen and oxygen atoms in total. The van der Waals surface area contributed by atoms with E-state index in [1.807, 2.05) is 6.07 Å². The zero-order valence-electron chi connectivity index (χ0n) is 7.50. The molecule has 1 atom stereocenters. The molecule has 1 N–H and O–H groups in total. The Kier molecular flexibility index (Phi) is 2.35. The maximum absolute atomic E-state index is 12.8. The number of rotatable bonds is 2. The Balaban J connectivity index is 2.00. The van der Waals surface area contributed by atoms with Gasteiger partial charge in [-0.05, 0) is 17.7 Å². The molecule has 1 fully saturated rings. The van der Waals surface area contributed by atoms with Crippen molar-refractivity contribution in [2.45, 2.75) is 12.5 Å². The van der Waals surface area contributed by atoms with E-state index in [1.165, 1.54) is 12.1 Å². The minimum Gasteiger partial charge on any atom is -0.444 e. The summed E-state index contributed by atoms with van der Waals surface area (Å²) >= 11 is 0. The first-order chi connectivity index (χ1) is 6.74. The van der Waals surface area contributed by atoms with Crippen LogP contribution in [0.2, 0.25) is 0 Å². The fourth-order valence-corrected chi connectivity index (χ4v) is 1.47. The van der Waals surface area contributed by atoms with Crippen LogP contribution in [-0.2, 0) is 11.2 Å². The molecule has 74 valence electrons. The summed E-state index contributed by atoms with van der Waals surface area (Å²) in [6.07, 6.45) is -0.0213. The summed E-state index contributed by atoms with van der Waals surface area (Å²) in [4.78, 5) is 10.7. The van der Waals surface area contributed by atoms with Crippen molar-refractivity contribution < 1.29 is 13.9 Å². The van der Waals surface area contributed by atoms with Gasteiger partial charge in [0.2, 0.25) is 0 Å². The van der Waals surface area contributed by atoms with Crippen LogP contribution in [-0.4, -0.2) is 18.7 Å². The van der Waals surface area contributed by atoms with Gasteiger partial charge in [0.25, 0.3) is 0 Å². The van der Waals surface area contributed by atoms with Gasteiger partial charge < -0.3 is 10.1 Å². The number of ether oxygens (including phenoxy) is 1. The summed E-state index contributed by atoms with van der Waals surface area (Å²) in [5.74, 6) is -0.264. The Hall–Kier alpha value is -1.58. The number of alkyl carbamates (subject to hydrolysis) is 1. The van der Waals surface area contributed by atoms with Crippen LogP contribution in [0, 0.1) is 5.82 Å². The van der Waals surface area contributed by atoms with Gasteiger partial charge >= 0.3 is 6.09 Å². The van der Waals surface area contributed by atoms with Crippen LogP contribution in [0.25, 0.3) is 0 Å². The van der Waals surface area contributed by atoms with Crippen molar-refractivity contribution in [2.24, 2.45) is 0 Å². The highest BCUT2D eigenvalue weighted by Crippen LogP contribution is 2.10. The number of hydrogen-bond donors (Lipinski definition) is 1. The third kappa shape index (κ3) is 2.02. The van der Waals surface area contributed by atoms with Gasteiger partial charge in [-0.2, -0.15) is 0 Å². The summed E-state index contributed by atoms with van der Waals surface area (Å²) in [6.45, 7) is 0.495. The monoisotopic (exact) mass is 195 g/mol. The smallest absolute Gasteiger partial charge is 0.407 e. The molecule has 2 rings (SSSR count). The minimum atomic E-state index is -0.397. The lowest BCUT2D eigenvalue weighted by Crippen LogP contribution is -2.16. The molecule has 1 amide bonds. The van der Waals surface area contributed by atoms with Crippen LogP contribution in [0.3, 0.4) is 0 Å². The Morgan fingerprint density at radius 2 is 2.43 bits per heavy atom. The number of nitrogens with one attached hydrogen (secondary N) is 1. The predicted octanol–water partition coefficient (Wildman–Crippen LogP) is 1.48. The van der Waals surface area contributed by atoms with E-state index in [-0.39, 0.29) is 11.9 Å². The molecule has 14 heavy (non-hydrogen) atoms. The van der Waals surface area contributed by atoms with Crippen molar-refractivity contribution in [3.8, 4) is 0 Å². The van der Waals surface area contributed by atoms with Crippen molar-refractivity contribution in [2.75, 3.05) is 6.54 Å². The van der Waals surface area contributed by atoms with Gasteiger partial charge in [0.05, 0.1) is 6.54 Å². The molecule has 0 aliphatic carbocycles. The van der Waals surface area contributed by atoms with Crippen molar-refractivity contribution in [3.63, 3.8) is 0 Å². The van der Waals surface area contributed by atoms with Crippen LogP contribution in [0.15, 0.2) is 24.3 Å². The Labute approximate surface area is 80.9 Å². The minimum absolute atomic E-state index is 0.177. The van der Waals surface area contributed by atoms with Gasteiger partial charge in [0.1, 0.15) is 11.9 Å². The van der Waals surface area contributed by atoms with Crippen LogP contribution in [0.1, 0.15) is 5.56 Å². The molecule has 1 heterocycles. The van der Waals surface area contributed by atoms with Crippen LogP contribution in [0.5, 0.6) is 0 Å². The van der Waals surface area contributed by atoms with E-state index in [4.69, 9.17) is 4.74 Å². The first kappa shape index (κ1) is 8.99. The summed E-state index contributed by atoms with van der Waals surface area (Å²) in [5, 5.41) is 2.55. The van der Waals surface area contributed by atoms with E-state index in [1.54, 1.807) is 6.07 Å². The molecule has 0 spiro atoms. The first-order valence-corrected chi connectivity index (χ1v) is 4.43. The van der Waals surface area contributed by atoms with E-state index in [9.17, 15) is 9.18 Å². The van der Waals surface area contributed by atoms with Crippen molar-refractivity contribution in [1.82, 2.24) is 5.32 Å². The Morgan fingerprint density at radius 3 is 3.07 bits per heavy atom. The zero-order chi connectivity index (χ0) is 9.97. The first-order valence-electron chi connectivity index (χ1n) is 4.43. The molecule has 0 unspecified atom stereocenters. The fraction of sp³-hybridized carbons (Fsp3) is 0.300. The van der Waals surface area contributed by atoms with Gasteiger partial charge in [0, 0.05) is 6.42 Å². The Morgan fingerprint density at radius 1 is 1.57 bits per heavy atom. The molecule has 0 aromatic heterocycles. The number of benzene rings is 1. The molecule has 1 aromatic carbocycles. The number of hydrogen-bond acceptors (Lipinski definition) is 2. The molecule has 1 aliphatic heterocycles. The van der Waals surface area contributed by atoms with Gasteiger partial charge in [-0.1, -0.05) is 12.1 Å². The molecule has 0 bridgehead atoms. The van der Waals surface area contributed by atoms with Gasteiger partial charge in [0.15, 0.2) is 0 Å². The normalized spacial score (nSPS) is 20.4. The average molecular weight is 195 g/mol. The second-order valence-electron chi connectivity index (χ2n) is 3.24. The summed E-state index contributed by atoms with van der Waals surface area (Å²) in [6, 6.07) is 6.30. The highest BCUT2D eigenvalue weighted by molar-refractivity contribution is 5.69. The van der Waals surface area contributed by atoms with E-state index in [0.717, 1.165) is 5.56 Å². The van der Waals surface area contributed by atoms with Crippen molar-refractivity contribution in [3.05, 3.63) is 35.6 Å². The SMILES string of the molecule is O=C1NC[C@@H](Cc2cccc(F)c2)O1. The molecule has 1 aliphatic rings. The molecule has 4 heteroatoms. The zero-order valence-corrected chi connectivity index (χ0v) is 7.50. The third-order valence-corrected chi connectivity index (χ3v) is 2.10. The number of cyclic esters (lactones) is 1. The number of carbonyl (C=O) groups excluding carboxylic acids is 1. The largest absolute Gasteiger partial charge is 0.444 e. The van der Waals surface area contributed by atoms with Crippen molar-refractivity contribution in [1.29, 1.82) is 0 Å². The molecular weight excluding hydrogens is 185 g/mol. The summed E-state index contributed by atoms with van der Waals surface area (Å²) in [5.41, 5.74) is 0.839. The lowest BCUT2D eigenvalue weighted by molar-refractivity contribution is 0.140. The van der Waals surface area contributed by atoms with E-state index >= 15 is 0 Å². The van der Waals surface area contributed by atoms with E-state index in [0.29, 0.717) is 13.0 Å². The van der Waals surface area contributed by atoms with Crippen LogP contribution >= 0.6 is 0 Å². The van der Waals surface area contributed by atoms with Crippen LogP contribution < -0.4 is 5.32 Å². The average Bonchev–Trinajstić information content (AvgIpc) is 2.51. The van der Waals surface area contributed by atoms with Gasteiger partial charge in [-0.3, -0.25) is 0 Å². The van der Waals surface area contributed by atoms with Crippen LogP contribution in [0.4, 0.5) is 9.18 Å².